The molecule has 0 aliphatic heterocycles. The standard InChI is InChI=1S/C15H16N4O6/c20-12-3-2-10(6-13(12)21)8-16-24-4-1-5-25-17-9-11-7-14(22)19-15(23)18-11/h2-3,6-9,20-21H,1,4-5H2,(H2,18,19,22,23)/b16-8+,17-9+. The summed E-state index contributed by atoms with van der Waals surface area (Å²) in [5, 5.41) is 25.8. The zero-order valence-electron chi connectivity index (χ0n) is 13.0. The minimum absolute atomic E-state index is 0.208. The summed E-state index contributed by atoms with van der Waals surface area (Å²) in [5.41, 5.74) is -0.352. The Morgan fingerprint density at radius 3 is 2.36 bits per heavy atom. The summed E-state index contributed by atoms with van der Waals surface area (Å²) in [7, 11) is 0. The third-order valence-corrected chi connectivity index (χ3v) is 2.79. The molecule has 2 rings (SSSR count). The van der Waals surface area contributed by atoms with Gasteiger partial charge in [0, 0.05) is 12.5 Å². The van der Waals surface area contributed by atoms with Gasteiger partial charge in [0.1, 0.15) is 13.2 Å². The normalized spacial score (nSPS) is 11.2. The van der Waals surface area contributed by atoms with Crippen LogP contribution in [-0.2, 0) is 9.68 Å². The molecule has 0 atom stereocenters. The first-order valence-corrected chi connectivity index (χ1v) is 7.21. The van der Waals surface area contributed by atoms with E-state index in [2.05, 4.69) is 15.3 Å². The molecule has 10 heteroatoms. The molecule has 0 radical (unpaired) electrons. The van der Waals surface area contributed by atoms with E-state index in [4.69, 9.17) is 9.68 Å². The molecule has 0 aliphatic rings. The minimum Gasteiger partial charge on any atom is -0.504 e. The lowest BCUT2D eigenvalue weighted by Gasteiger charge is -2.00. The van der Waals surface area contributed by atoms with E-state index in [1.54, 1.807) is 6.07 Å². The van der Waals surface area contributed by atoms with Crippen LogP contribution in [0, 0.1) is 0 Å². The van der Waals surface area contributed by atoms with Crippen molar-refractivity contribution in [1.82, 2.24) is 9.97 Å². The highest BCUT2D eigenvalue weighted by Gasteiger charge is 1.98. The van der Waals surface area contributed by atoms with Crippen LogP contribution in [0.1, 0.15) is 17.7 Å². The average Bonchev–Trinajstić information content (AvgIpc) is 2.55. The van der Waals surface area contributed by atoms with Crippen molar-refractivity contribution in [2.45, 2.75) is 6.42 Å². The zero-order chi connectivity index (χ0) is 18.1. The van der Waals surface area contributed by atoms with E-state index in [1.165, 1.54) is 30.6 Å². The lowest BCUT2D eigenvalue weighted by molar-refractivity contribution is 0.0914. The van der Waals surface area contributed by atoms with Gasteiger partial charge in [-0.2, -0.15) is 0 Å². The van der Waals surface area contributed by atoms with E-state index >= 15 is 0 Å². The Balaban J connectivity index is 1.64. The molecule has 132 valence electrons. The summed E-state index contributed by atoms with van der Waals surface area (Å²) in [4.78, 5) is 36.4. The van der Waals surface area contributed by atoms with Crippen molar-refractivity contribution in [3.63, 3.8) is 0 Å². The Morgan fingerprint density at radius 2 is 1.68 bits per heavy atom. The van der Waals surface area contributed by atoms with Crippen molar-refractivity contribution in [2.75, 3.05) is 13.2 Å². The van der Waals surface area contributed by atoms with Crippen LogP contribution in [0.15, 0.2) is 44.2 Å². The average molecular weight is 348 g/mol. The van der Waals surface area contributed by atoms with Gasteiger partial charge in [-0.3, -0.25) is 9.78 Å². The first kappa shape index (κ1) is 17.8. The van der Waals surface area contributed by atoms with Crippen molar-refractivity contribution in [2.24, 2.45) is 10.3 Å². The number of phenols is 2. The number of aromatic nitrogens is 2. The van der Waals surface area contributed by atoms with Crippen LogP contribution in [0.2, 0.25) is 0 Å². The van der Waals surface area contributed by atoms with Crippen LogP contribution in [0.3, 0.4) is 0 Å². The Kier molecular flexibility index (Phi) is 6.34. The lowest BCUT2D eigenvalue weighted by Crippen LogP contribution is -2.22. The van der Waals surface area contributed by atoms with Gasteiger partial charge in [-0.15, -0.1) is 0 Å². The first-order valence-electron chi connectivity index (χ1n) is 7.21. The Labute approximate surface area is 141 Å². The number of benzene rings is 1. The number of hydrogen-bond acceptors (Lipinski definition) is 8. The third-order valence-electron chi connectivity index (χ3n) is 2.79. The number of rotatable bonds is 8. The second-order valence-corrected chi connectivity index (χ2v) is 4.78. The van der Waals surface area contributed by atoms with Gasteiger partial charge in [-0.25, -0.2) is 4.79 Å². The van der Waals surface area contributed by atoms with Crippen LogP contribution >= 0.6 is 0 Å². The maximum absolute atomic E-state index is 11.1. The van der Waals surface area contributed by atoms with E-state index in [1.807, 2.05) is 4.98 Å². The molecule has 0 saturated heterocycles. The molecule has 1 aromatic heterocycles. The van der Waals surface area contributed by atoms with Gasteiger partial charge in [0.2, 0.25) is 0 Å². The number of phenolic OH excluding ortho intramolecular Hbond substituents is 2. The number of H-pyrrole nitrogens is 2. The summed E-state index contributed by atoms with van der Waals surface area (Å²) in [5.74, 6) is -0.447. The van der Waals surface area contributed by atoms with Gasteiger partial charge in [0.05, 0.1) is 18.1 Å². The summed E-state index contributed by atoms with van der Waals surface area (Å²) in [6, 6.07) is 5.43. The predicted molar refractivity (Wildman–Crippen MR) is 89.2 cm³/mol. The second-order valence-electron chi connectivity index (χ2n) is 4.78. The molecule has 1 aromatic carbocycles. The first-order chi connectivity index (χ1) is 12.0. The number of aromatic amines is 2. The number of hydrogen-bond donors (Lipinski definition) is 4. The molecule has 0 saturated carbocycles. The second kappa shape index (κ2) is 8.91. The van der Waals surface area contributed by atoms with E-state index in [0.29, 0.717) is 12.0 Å². The van der Waals surface area contributed by atoms with Gasteiger partial charge in [-0.1, -0.05) is 10.3 Å². The van der Waals surface area contributed by atoms with Crippen molar-refractivity contribution < 1.29 is 19.9 Å². The van der Waals surface area contributed by atoms with Crippen LogP contribution in [-0.4, -0.2) is 45.8 Å². The molecule has 4 N–H and O–H groups in total. The molecule has 0 aliphatic carbocycles. The van der Waals surface area contributed by atoms with E-state index in [9.17, 15) is 19.8 Å². The largest absolute Gasteiger partial charge is 0.504 e. The molecule has 0 spiro atoms. The fraction of sp³-hybridized carbons (Fsp3) is 0.200. The summed E-state index contributed by atoms with van der Waals surface area (Å²) < 4.78 is 0. The number of nitrogens with one attached hydrogen (secondary N) is 2. The quantitative estimate of drug-likeness (QED) is 0.233. The Morgan fingerprint density at radius 1 is 0.960 bits per heavy atom. The van der Waals surface area contributed by atoms with Gasteiger partial charge >= 0.3 is 5.69 Å². The third kappa shape index (κ3) is 6.22. The van der Waals surface area contributed by atoms with Gasteiger partial charge < -0.3 is 24.9 Å². The highest BCUT2D eigenvalue weighted by molar-refractivity contribution is 5.80. The Hall–Kier alpha value is -3.56. The highest BCUT2D eigenvalue weighted by atomic mass is 16.6. The summed E-state index contributed by atoms with van der Waals surface area (Å²) in [6.07, 6.45) is 3.11. The van der Waals surface area contributed by atoms with Gasteiger partial charge in [0.25, 0.3) is 5.56 Å². The molecular formula is C15H16N4O6. The van der Waals surface area contributed by atoms with Crippen LogP contribution < -0.4 is 11.2 Å². The number of aromatic hydroxyl groups is 2. The van der Waals surface area contributed by atoms with Crippen molar-refractivity contribution >= 4 is 12.4 Å². The maximum Gasteiger partial charge on any atom is 0.326 e. The van der Waals surface area contributed by atoms with Crippen LogP contribution in [0.25, 0.3) is 0 Å². The molecule has 10 nitrogen and oxygen atoms in total. The molecule has 25 heavy (non-hydrogen) atoms. The van der Waals surface area contributed by atoms with Crippen LogP contribution in [0.4, 0.5) is 0 Å². The number of nitrogens with zero attached hydrogens (tertiary/aromatic N) is 2. The van der Waals surface area contributed by atoms with E-state index in [0.717, 1.165) is 0 Å². The fourth-order valence-electron chi connectivity index (χ4n) is 1.66. The topological polar surface area (TPSA) is 149 Å². The van der Waals surface area contributed by atoms with E-state index in [-0.39, 0.29) is 30.4 Å². The van der Waals surface area contributed by atoms with Crippen molar-refractivity contribution in [3.8, 4) is 11.5 Å². The van der Waals surface area contributed by atoms with Gasteiger partial charge in [-0.05, 0) is 23.8 Å². The Bertz CT molecular complexity index is 843. The van der Waals surface area contributed by atoms with Gasteiger partial charge in [0.15, 0.2) is 11.5 Å². The lowest BCUT2D eigenvalue weighted by atomic mass is 10.2. The molecule has 0 amide bonds. The minimum atomic E-state index is -0.623. The molecular weight excluding hydrogens is 332 g/mol. The monoisotopic (exact) mass is 348 g/mol. The molecule has 0 unspecified atom stereocenters. The number of oxime groups is 2. The fourth-order valence-corrected chi connectivity index (χ4v) is 1.66. The molecule has 0 fully saturated rings. The zero-order valence-corrected chi connectivity index (χ0v) is 13.0. The SMILES string of the molecule is O=c1cc(/C=N/OCCCO/N=C/c2ccc(O)c(O)c2)[nH]c(=O)[nH]1. The molecule has 1 heterocycles. The summed E-state index contributed by atoms with van der Waals surface area (Å²) in [6.45, 7) is 0.525. The van der Waals surface area contributed by atoms with Crippen molar-refractivity contribution in [3.05, 3.63) is 56.4 Å². The maximum atomic E-state index is 11.1. The molecule has 2 aromatic rings. The van der Waals surface area contributed by atoms with Crippen molar-refractivity contribution in [1.29, 1.82) is 0 Å². The highest BCUT2D eigenvalue weighted by Crippen LogP contribution is 2.23. The van der Waals surface area contributed by atoms with E-state index < -0.39 is 11.2 Å². The molecule has 0 bridgehead atoms. The van der Waals surface area contributed by atoms with Crippen LogP contribution in [0.5, 0.6) is 11.5 Å². The predicted octanol–water partition coefficient (Wildman–Crippen LogP) is 0.266. The summed E-state index contributed by atoms with van der Waals surface area (Å²) >= 11 is 0. The smallest absolute Gasteiger partial charge is 0.326 e.